The average molecular weight is 147 g/mol. The number of hydrogen-bond donors (Lipinski definition) is 0. The van der Waals surface area contributed by atoms with E-state index in [4.69, 9.17) is 0 Å². The lowest BCUT2D eigenvalue weighted by molar-refractivity contribution is 0.849. The maximum absolute atomic E-state index is 4.03. The second-order valence-electron chi connectivity index (χ2n) is 2.57. The van der Waals surface area contributed by atoms with Gasteiger partial charge in [-0.2, -0.15) is 10.2 Å². The maximum atomic E-state index is 4.03. The van der Waals surface area contributed by atoms with Crippen LogP contribution < -0.4 is 4.90 Å². The first kappa shape index (κ1) is 6.34. The molecule has 1 aliphatic rings. The minimum absolute atomic E-state index is 0.664. The van der Waals surface area contributed by atoms with Gasteiger partial charge in [0.15, 0.2) is 0 Å². The van der Waals surface area contributed by atoms with Gasteiger partial charge in [0.1, 0.15) is 12.4 Å². The topological polar surface area (TPSA) is 28.0 Å². The molecule has 0 radical (unpaired) electrons. The van der Waals surface area contributed by atoms with E-state index in [1.54, 1.807) is 0 Å². The highest BCUT2D eigenvalue weighted by molar-refractivity contribution is 5.66. The van der Waals surface area contributed by atoms with Crippen LogP contribution in [-0.2, 0) is 0 Å². The second kappa shape index (κ2) is 2.34. The number of benzene rings is 1. The summed E-state index contributed by atoms with van der Waals surface area (Å²) in [5, 5.41) is 7.98. The van der Waals surface area contributed by atoms with E-state index in [0.717, 1.165) is 11.4 Å². The number of azo groups is 1. The van der Waals surface area contributed by atoms with Crippen LogP contribution in [-0.4, -0.2) is 13.7 Å². The molecule has 56 valence electrons. The molecule has 0 fully saturated rings. The normalized spacial score (nSPS) is 14.8. The van der Waals surface area contributed by atoms with E-state index in [0.29, 0.717) is 6.67 Å². The molecule has 0 aromatic heterocycles. The van der Waals surface area contributed by atoms with Gasteiger partial charge in [-0.3, -0.25) is 0 Å². The van der Waals surface area contributed by atoms with Crippen molar-refractivity contribution in [2.45, 2.75) is 0 Å². The molecule has 1 aliphatic heterocycles. The number of hydrogen-bond acceptors (Lipinski definition) is 3. The lowest BCUT2D eigenvalue weighted by atomic mass is 10.2. The fourth-order valence-electron chi connectivity index (χ4n) is 1.15. The summed E-state index contributed by atoms with van der Waals surface area (Å²) in [7, 11) is 2.01. The SMILES string of the molecule is CN1CN=Nc2ccccc21. The van der Waals surface area contributed by atoms with Gasteiger partial charge in [0, 0.05) is 7.05 Å². The van der Waals surface area contributed by atoms with Crippen molar-refractivity contribution < 1.29 is 0 Å². The minimum atomic E-state index is 0.664. The molecule has 1 aromatic rings. The fourth-order valence-corrected chi connectivity index (χ4v) is 1.15. The number of rotatable bonds is 0. The molecule has 1 aromatic carbocycles. The van der Waals surface area contributed by atoms with Gasteiger partial charge in [-0.25, -0.2) is 0 Å². The third kappa shape index (κ3) is 0.981. The number of para-hydroxylation sites is 1. The molecule has 0 bridgehead atoms. The average Bonchev–Trinajstić information content (AvgIpc) is 2.06. The predicted octanol–water partition coefficient (Wildman–Crippen LogP) is 2.18. The van der Waals surface area contributed by atoms with Gasteiger partial charge in [0.2, 0.25) is 0 Å². The smallest absolute Gasteiger partial charge is 0.131 e. The van der Waals surface area contributed by atoms with Crippen LogP contribution in [0.2, 0.25) is 0 Å². The molecule has 0 spiro atoms. The molecule has 11 heavy (non-hydrogen) atoms. The van der Waals surface area contributed by atoms with Crippen LogP contribution >= 0.6 is 0 Å². The molecule has 3 heteroatoms. The fraction of sp³-hybridized carbons (Fsp3) is 0.250. The Balaban J connectivity index is 2.54. The van der Waals surface area contributed by atoms with Crippen molar-refractivity contribution in [3.8, 4) is 0 Å². The summed E-state index contributed by atoms with van der Waals surface area (Å²) >= 11 is 0. The quantitative estimate of drug-likeness (QED) is 0.552. The molecule has 0 saturated carbocycles. The Morgan fingerprint density at radius 1 is 1.36 bits per heavy atom. The number of fused-ring (bicyclic) bond motifs is 1. The Kier molecular flexibility index (Phi) is 1.35. The lowest BCUT2D eigenvalue weighted by Crippen LogP contribution is -2.18. The van der Waals surface area contributed by atoms with Crippen molar-refractivity contribution in [3.05, 3.63) is 24.3 Å². The largest absolute Gasteiger partial charge is 0.352 e. The first-order valence-corrected chi connectivity index (χ1v) is 3.55. The lowest BCUT2D eigenvalue weighted by Gasteiger charge is -2.20. The van der Waals surface area contributed by atoms with Crippen LogP contribution in [0.1, 0.15) is 0 Å². The molecule has 0 aliphatic carbocycles. The van der Waals surface area contributed by atoms with Crippen LogP contribution in [0.3, 0.4) is 0 Å². The molecular formula is C8H9N3. The Hall–Kier alpha value is -1.38. The summed E-state index contributed by atoms with van der Waals surface area (Å²) in [4.78, 5) is 2.07. The zero-order valence-electron chi connectivity index (χ0n) is 6.36. The maximum Gasteiger partial charge on any atom is 0.131 e. The molecule has 0 saturated heterocycles. The first-order chi connectivity index (χ1) is 5.38. The highest BCUT2D eigenvalue weighted by Crippen LogP contribution is 2.30. The molecule has 0 N–H and O–H groups in total. The molecule has 0 unspecified atom stereocenters. The molecule has 3 nitrogen and oxygen atoms in total. The van der Waals surface area contributed by atoms with E-state index in [1.165, 1.54) is 0 Å². The van der Waals surface area contributed by atoms with Crippen LogP contribution in [0.25, 0.3) is 0 Å². The number of nitrogens with zero attached hydrogens (tertiary/aromatic N) is 3. The predicted molar refractivity (Wildman–Crippen MR) is 44.2 cm³/mol. The van der Waals surface area contributed by atoms with Crippen molar-refractivity contribution >= 4 is 11.4 Å². The standard InChI is InChI=1S/C8H9N3/c1-11-6-9-10-7-4-2-3-5-8(7)11/h2-5H,6H2,1H3. The third-order valence-electron chi connectivity index (χ3n) is 1.75. The minimum Gasteiger partial charge on any atom is -0.352 e. The second-order valence-corrected chi connectivity index (χ2v) is 2.57. The summed E-state index contributed by atoms with van der Waals surface area (Å²) in [6, 6.07) is 8.00. The van der Waals surface area contributed by atoms with E-state index in [9.17, 15) is 0 Å². The number of anilines is 1. The molecule has 0 amide bonds. The van der Waals surface area contributed by atoms with Crippen molar-refractivity contribution in [1.29, 1.82) is 0 Å². The van der Waals surface area contributed by atoms with Gasteiger partial charge in [0.25, 0.3) is 0 Å². The van der Waals surface area contributed by atoms with Gasteiger partial charge < -0.3 is 4.90 Å². The summed E-state index contributed by atoms with van der Waals surface area (Å²) in [6.07, 6.45) is 0. The van der Waals surface area contributed by atoms with Crippen molar-refractivity contribution in [1.82, 2.24) is 0 Å². The summed E-state index contributed by atoms with van der Waals surface area (Å²) < 4.78 is 0. The van der Waals surface area contributed by atoms with Gasteiger partial charge >= 0.3 is 0 Å². The summed E-state index contributed by atoms with van der Waals surface area (Å²) in [5.41, 5.74) is 2.11. The molecule has 0 atom stereocenters. The van der Waals surface area contributed by atoms with E-state index in [2.05, 4.69) is 15.1 Å². The first-order valence-electron chi connectivity index (χ1n) is 3.55. The van der Waals surface area contributed by atoms with E-state index >= 15 is 0 Å². The molecule has 1 heterocycles. The van der Waals surface area contributed by atoms with Crippen LogP contribution in [0, 0.1) is 0 Å². The van der Waals surface area contributed by atoms with Crippen LogP contribution in [0.4, 0.5) is 11.4 Å². The van der Waals surface area contributed by atoms with E-state index in [1.807, 2.05) is 31.3 Å². The molecule has 2 rings (SSSR count). The van der Waals surface area contributed by atoms with Gasteiger partial charge in [-0.1, -0.05) is 12.1 Å². The highest BCUT2D eigenvalue weighted by Gasteiger charge is 2.08. The van der Waals surface area contributed by atoms with Gasteiger partial charge in [0.05, 0.1) is 5.69 Å². The van der Waals surface area contributed by atoms with Crippen molar-refractivity contribution in [3.63, 3.8) is 0 Å². The molecular weight excluding hydrogens is 138 g/mol. The Morgan fingerprint density at radius 2 is 2.18 bits per heavy atom. The Bertz CT molecular complexity index is 293. The zero-order chi connectivity index (χ0) is 7.68. The highest BCUT2D eigenvalue weighted by atomic mass is 15.3. The summed E-state index contributed by atoms with van der Waals surface area (Å²) in [5.74, 6) is 0. The Labute approximate surface area is 65.4 Å². The monoisotopic (exact) mass is 147 g/mol. The summed E-state index contributed by atoms with van der Waals surface area (Å²) in [6.45, 7) is 0.664. The Morgan fingerprint density at radius 3 is 3.00 bits per heavy atom. The van der Waals surface area contributed by atoms with Crippen LogP contribution in [0.5, 0.6) is 0 Å². The van der Waals surface area contributed by atoms with E-state index < -0.39 is 0 Å². The van der Waals surface area contributed by atoms with Crippen LogP contribution in [0.15, 0.2) is 34.5 Å². The van der Waals surface area contributed by atoms with Gasteiger partial charge in [-0.15, -0.1) is 0 Å². The van der Waals surface area contributed by atoms with Crippen molar-refractivity contribution in [2.24, 2.45) is 10.2 Å². The van der Waals surface area contributed by atoms with E-state index in [-0.39, 0.29) is 0 Å². The zero-order valence-corrected chi connectivity index (χ0v) is 6.36. The van der Waals surface area contributed by atoms with Crippen molar-refractivity contribution in [2.75, 3.05) is 18.6 Å². The third-order valence-corrected chi connectivity index (χ3v) is 1.75. The van der Waals surface area contributed by atoms with Gasteiger partial charge in [-0.05, 0) is 12.1 Å².